The molecule has 1 fully saturated rings. The van der Waals surface area contributed by atoms with Gasteiger partial charge in [0.15, 0.2) is 5.96 Å². The molecule has 1 saturated heterocycles. The molecule has 0 amide bonds. The average molecular weight is 377 g/mol. The fourth-order valence-corrected chi connectivity index (χ4v) is 3.73. The number of hydrogen-bond donors (Lipinski definition) is 1. The van der Waals surface area contributed by atoms with Crippen LogP contribution < -0.4 is 5.32 Å². The highest BCUT2D eigenvalue weighted by atomic mass is 19.1. The third kappa shape index (κ3) is 3.91. The van der Waals surface area contributed by atoms with Gasteiger partial charge in [-0.2, -0.15) is 0 Å². The fourth-order valence-electron chi connectivity index (χ4n) is 3.73. The molecule has 0 radical (unpaired) electrons. The number of nitrogens with zero attached hydrogens (tertiary/aromatic N) is 4. The van der Waals surface area contributed by atoms with Crippen molar-refractivity contribution in [2.75, 3.05) is 20.1 Å². The highest BCUT2D eigenvalue weighted by molar-refractivity contribution is 5.80. The van der Waals surface area contributed by atoms with E-state index < -0.39 is 0 Å². The number of hydrogen-bond acceptors (Lipinski definition) is 2. The van der Waals surface area contributed by atoms with E-state index in [9.17, 15) is 4.39 Å². The zero-order chi connectivity index (χ0) is 19.3. The van der Waals surface area contributed by atoms with Gasteiger partial charge in [-0.3, -0.25) is 4.99 Å². The van der Waals surface area contributed by atoms with E-state index >= 15 is 0 Å². The molecule has 2 heterocycles. The van der Waals surface area contributed by atoms with Crippen LogP contribution in [-0.4, -0.2) is 40.5 Å². The summed E-state index contributed by atoms with van der Waals surface area (Å²) in [6, 6.07) is 15.9. The molecule has 0 bridgehead atoms. The number of nitrogens with one attached hydrogen (secondary N) is 1. The molecule has 1 aliphatic heterocycles. The first-order chi connectivity index (χ1) is 13.7. The Hall–Kier alpha value is -3.15. The summed E-state index contributed by atoms with van der Waals surface area (Å²) in [5.74, 6) is 1.11. The van der Waals surface area contributed by atoms with Crippen LogP contribution in [0.3, 0.4) is 0 Å². The zero-order valence-electron chi connectivity index (χ0n) is 15.9. The molecular formula is C22H24FN5. The van der Waals surface area contributed by atoms with Crippen LogP contribution >= 0.6 is 0 Å². The number of imidazole rings is 1. The summed E-state index contributed by atoms with van der Waals surface area (Å²) >= 11 is 0. The van der Waals surface area contributed by atoms with Crippen molar-refractivity contribution in [1.82, 2.24) is 19.8 Å². The average Bonchev–Trinajstić information content (AvgIpc) is 3.42. The van der Waals surface area contributed by atoms with Crippen LogP contribution in [-0.2, 0) is 6.54 Å². The molecule has 1 atom stereocenters. The van der Waals surface area contributed by atoms with E-state index in [0.717, 1.165) is 31.0 Å². The second-order valence-corrected chi connectivity index (χ2v) is 7.00. The van der Waals surface area contributed by atoms with Gasteiger partial charge in [-0.25, -0.2) is 9.37 Å². The van der Waals surface area contributed by atoms with Crippen molar-refractivity contribution >= 4 is 5.96 Å². The molecule has 0 aliphatic carbocycles. The second-order valence-electron chi connectivity index (χ2n) is 7.00. The molecule has 1 aromatic heterocycles. The van der Waals surface area contributed by atoms with Crippen LogP contribution in [0.1, 0.15) is 23.5 Å². The van der Waals surface area contributed by atoms with Crippen molar-refractivity contribution < 1.29 is 4.39 Å². The van der Waals surface area contributed by atoms with Crippen LogP contribution in [0.2, 0.25) is 0 Å². The lowest BCUT2D eigenvalue weighted by molar-refractivity contribution is 0.485. The van der Waals surface area contributed by atoms with Gasteiger partial charge in [0.05, 0.1) is 12.0 Å². The van der Waals surface area contributed by atoms with Gasteiger partial charge in [-0.1, -0.05) is 36.4 Å². The van der Waals surface area contributed by atoms with Crippen molar-refractivity contribution in [2.24, 2.45) is 4.99 Å². The topological polar surface area (TPSA) is 45.5 Å². The molecule has 5 nitrogen and oxygen atoms in total. The number of aromatic nitrogens is 2. The lowest BCUT2D eigenvalue weighted by atomic mass is 9.99. The van der Waals surface area contributed by atoms with E-state index in [4.69, 9.17) is 0 Å². The van der Waals surface area contributed by atoms with E-state index in [1.807, 2.05) is 12.1 Å². The van der Waals surface area contributed by atoms with Gasteiger partial charge in [0.1, 0.15) is 5.82 Å². The lowest BCUT2D eigenvalue weighted by Gasteiger charge is -2.22. The number of aliphatic imine (C=N–C) groups is 1. The van der Waals surface area contributed by atoms with Crippen LogP contribution in [0, 0.1) is 5.82 Å². The number of likely N-dealkylation sites (tertiary alicyclic amines) is 1. The Bertz CT molecular complexity index is 937. The minimum atomic E-state index is -0.266. The summed E-state index contributed by atoms with van der Waals surface area (Å²) in [7, 11) is 1.79. The Morgan fingerprint density at radius 2 is 2.11 bits per heavy atom. The van der Waals surface area contributed by atoms with Gasteiger partial charge < -0.3 is 14.8 Å². The monoisotopic (exact) mass is 377 g/mol. The lowest BCUT2D eigenvalue weighted by Crippen LogP contribution is -2.39. The van der Waals surface area contributed by atoms with Gasteiger partial charge in [0.25, 0.3) is 0 Å². The molecule has 0 saturated carbocycles. The minimum absolute atomic E-state index is 0.266. The zero-order valence-corrected chi connectivity index (χ0v) is 15.9. The summed E-state index contributed by atoms with van der Waals surface area (Å²) in [6.07, 6.45) is 6.07. The Kier molecular flexibility index (Phi) is 5.37. The van der Waals surface area contributed by atoms with Gasteiger partial charge in [0.2, 0.25) is 0 Å². The molecule has 2 aromatic carbocycles. The number of halogens is 1. The van der Waals surface area contributed by atoms with Crippen molar-refractivity contribution in [2.45, 2.75) is 18.9 Å². The Morgan fingerprint density at radius 1 is 1.25 bits per heavy atom. The van der Waals surface area contributed by atoms with E-state index in [-0.39, 0.29) is 5.82 Å². The van der Waals surface area contributed by atoms with Crippen molar-refractivity contribution in [3.8, 4) is 5.69 Å². The molecular weight excluding hydrogens is 353 g/mol. The summed E-state index contributed by atoms with van der Waals surface area (Å²) in [5.41, 5.74) is 2.75. The number of guanidine groups is 1. The molecule has 1 unspecified atom stereocenters. The number of rotatable bonds is 4. The second kappa shape index (κ2) is 8.25. The van der Waals surface area contributed by atoms with Gasteiger partial charge in [-0.15, -0.1) is 0 Å². The Balaban J connectivity index is 1.38. The molecule has 1 N–H and O–H groups in total. The van der Waals surface area contributed by atoms with Crippen LogP contribution in [0.15, 0.2) is 72.2 Å². The molecule has 144 valence electrons. The standard InChI is InChI=1S/C22H24FN5/c1-24-22(27-11-9-19(15-27)18-5-3-2-4-6-18)26-14-17-7-8-21(20(23)13-17)28-12-10-25-16-28/h2-8,10,12-13,16,19H,9,11,14-15H2,1H3,(H,24,26). The first-order valence-corrected chi connectivity index (χ1v) is 9.52. The summed E-state index contributed by atoms with van der Waals surface area (Å²) in [4.78, 5) is 10.7. The van der Waals surface area contributed by atoms with Crippen molar-refractivity contribution in [3.05, 3.63) is 84.2 Å². The molecule has 0 spiro atoms. The molecule has 4 rings (SSSR count). The predicted molar refractivity (Wildman–Crippen MR) is 109 cm³/mol. The molecule has 3 aromatic rings. The highest BCUT2D eigenvalue weighted by Crippen LogP contribution is 2.27. The summed E-state index contributed by atoms with van der Waals surface area (Å²) in [5, 5.41) is 3.37. The first kappa shape index (κ1) is 18.2. The maximum absolute atomic E-state index is 14.4. The van der Waals surface area contributed by atoms with E-state index in [0.29, 0.717) is 18.2 Å². The van der Waals surface area contributed by atoms with Crippen LogP contribution in [0.25, 0.3) is 5.69 Å². The van der Waals surface area contributed by atoms with Gasteiger partial charge in [-0.05, 0) is 29.7 Å². The van der Waals surface area contributed by atoms with Crippen molar-refractivity contribution in [1.29, 1.82) is 0 Å². The van der Waals surface area contributed by atoms with E-state index in [1.54, 1.807) is 42.5 Å². The molecule has 28 heavy (non-hydrogen) atoms. The third-order valence-corrected chi connectivity index (χ3v) is 5.22. The van der Waals surface area contributed by atoms with E-state index in [1.165, 1.54) is 5.56 Å². The highest BCUT2D eigenvalue weighted by Gasteiger charge is 2.25. The summed E-state index contributed by atoms with van der Waals surface area (Å²) in [6.45, 7) is 2.44. The van der Waals surface area contributed by atoms with Crippen LogP contribution in [0.5, 0.6) is 0 Å². The first-order valence-electron chi connectivity index (χ1n) is 9.52. The van der Waals surface area contributed by atoms with Crippen molar-refractivity contribution in [3.63, 3.8) is 0 Å². The largest absolute Gasteiger partial charge is 0.352 e. The Labute approximate surface area is 164 Å². The van der Waals surface area contributed by atoms with E-state index in [2.05, 4.69) is 44.5 Å². The van der Waals surface area contributed by atoms with Gasteiger partial charge in [0, 0.05) is 45.0 Å². The predicted octanol–water partition coefficient (Wildman–Crippen LogP) is 3.58. The molecule has 6 heteroatoms. The Morgan fingerprint density at radius 3 is 2.82 bits per heavy atom. The number of benzene rings is 2. The molecule has 1 aliphatic rings. The summed E-state index contributed by atoms with van der Waals surface area (Å²) < 4.78 is 16.1. The van der Waals surface area contributed by atoms with Crippen LogP contribution in [0.4, 0.5) is 4.39 Å². The maximum atomic E-state index is 14.4. The normalized spacial score (nSPS) is 17.1. The quantitative estimate of drug-likeness (QED) is 0.558. The minimum Gasteiger partial charge on any atom is -0.352 e. The fraction of sp³-hybridized carbons (Fsp3) is 0.273. The third-order valence-electron chi connectivity index (χ3n) is 5.22. The van der Waals surface area contributed by atoms with Gasteiger partial charge >= 0.3 is 0 Å². The smallest absolute Gasteiger partial charge is 0.193 e. The maximum Gasteiger partial charge on any atom is 0.193 e. The SMILES string of the molecule is CN=C(NCc1ccc(-n2ccnc2)c(F)c1)N1CCC(c2ccccc2)C1.